The third-order valence-electron chi connectivity index (χ3n) is 6.87. The van der Waals surface area contributed by atoms with E-state index in [9.17, 15) is 14.4 Å². The number of amides is 2. The molecule has 2 heterocycles. The maximum Gasteiger partial charge on any atom is 0.410 e. The van der Waals surface area contributed by atoms with E-state index in [1.807, 2.05) is 13.8 Å². The fraction of sp³-hybridized carbons (Fsp3) is 0.773. The van der Waals surface area contributed by atoms with E-state index in [1.54, 1.807) is 4.90 Å². The fourth-order valence-corrected chi connectivity index (χ4v) is 5.43. The summed E-state index contributed by atoms with van der Waals surface area (Å²) in [7, 11) is -2.01. The molecule has 2 aliphatic rings. The maximum atomic E-state index is 12.9. The summed E-state index contributed by atoms with van der Waals surface area (Å²) in [5.41, 5.74) is 0. The average molecular weight is 439 g/mol. The lowest BCUT2D eigenvalue weighted by Gasteiger charge is -2.45. The number of carbonyl (C=O) groups is 3. The Morgan fingerprint density at radius 2 is 2.00 bits per heavy atom. The van der Waals surface area contributed by atoms with Crippen molar-refractivity contribution in [3.8, 4) is 0 Å². The number of ketones is 1. The van der Waals surface area contributed by atoms with Crippen molar-refractivity contribution in [2.75, 3.05) is 13.2 Å². The van der Waals surface area contributed by atoms with Crippen LogP contribution in [0.25, 0.3) is 0 Å². The monoisotopic (exact) mass is 438 g/mol. The zero-order valence-electron chi connectivity index (χ0n) is 19.5. The van der Waals surface area contributed by atoms with E-state index in [0.717, 1.165) is 0 Å². The van der Waals surface area contributed by atoms with Crippen LogP contribution in [0.5, 0.6) is 0 Å². The van der Waals surface area contributed by atoms with Crippen molar-refractivity contribution in [2.45, 2.75) is 83.8 Å². The first-order chi connectivity index (χ1) is 13.8. The molecule has 0 spiro atoms. The second-order valence-electron chi connectivity index (χ2n) is 10.2. The Bertz CT molecular complexity index is 688. The van der Waals surface area contributed by atoms with Crippen LogP contribution in [0.1, 0.15) is 47.5 Å². The predicted octanol–water partition coefficient (Wildman–Crippen LogP) is 3.50. The van der Waals surface area contributed by atoms with Crippen molar-refractivity contribution in [1.82, 2.24) is 10.2 Å². The summed E-state index contributed by atoms with van der Waals surface area (Å²) >= 11 is 0. The van der Waals surface area contributed by atoms with Crippen molar-refractivity contribution < 1.29 is 23.5 Å². The van der Waals surface area contributed by atoms with E-state index in [4.69, 9.17) is 9.16 Å². The summed E-state index contributed by atoms with van der Waals surface area (Å²) in [4.78, 5) is 38.9. The summed E-state index contributed by atoms with van der Waals surface area (Å²) in [5, 5.41) is 2.94. The Hall–Kier alpha value is -1.67. The first-order valence-corrected chi connectivity index (χ1v) is 13.7. The van der Waals surface area contributed by atoms with Gasteiger partial charge < -0.3 is 19.4 Å². The largest absolute Gasteiger partial charge is 0.445 e. The molecule has 1 unspecified atom stereocenters. The molecule has 0 aliphatic carbocycles. The number of nitrogens with zero attached hydrogens (tertiary/aromatic N) is 1. The minimum atomic E-state index is -2.01. The molecule has 7 nitrogen and oxygen atoms in total. The van der Waals surface area contributed by atoms with Gasteiger partial charge in [0, 0.05) is 31.0 Å². The minimum Gasteiger partial charge on any atom is -0.445 e. The molecule has 2 rings (SSSR count). The number of hydrogen-bond donors (Lipinski definition) is 1. The number of hydrogen-bond acceptors (Lipinski definition) is 5. The molecule has 0 aromatic heterocycles. The molecule has 0 radical (unpaired) electrons. The summed E-state index contributed by atoms with van der Waals surface area (Å²) < 4.78 is 11.5. The first-order valence-electron chi connectivity index (χ1n) is 10.8. The number of Topliss-reactive ketones (excluding diaryl/α,β-unsaturated/α-hetero) is 1. The van der Waals surface area contributed by atoms with Gasteiger partial charge in [-0.05, 0) is 38.4 Å². The molecule has 1 N–H and O–H groups in total. The Morgan fingerprint density at radius 3 is 2.53 bits per heavy atom. The molecule has 0 saturated carbocycles. The fourth-order valence-electron chi connectivity index (χ4n) is 4.00. The molecular weight excluding hydrogens is 400 g/mol. The summed E-state index contributed by atoms with van der Waals surface area (Å²) in [5.74, 6) is -0.509. The van der Waals surface area contributed by atoms with Gasteiger partial charge in [-0.2, -0.15) is 0 Å². The van der Waals surface area contributed by atoms with Crippen molar-refractivity contribution in [3.05, 3.63) is 12.7 Å². The van der Waals surface area contributed by atoms with E-state index in [0.29, 0.717) is 13.0 Å². The standard InChI is InChI=1S/C22H38N2O5Si/c1-9-10-28-21(27)24-13-16(11-14(24)2)18(25)12-17-19(20(26)23-17)15(3)29-30(7,8)22(4,5)6/h9,14-17,19H,1,10-13H2,2-8H3,(H,23,26)/t14-,15-,16?,17-,19-/m1/s1. The first kappa shape index (κ1) is 24.6. The lowest BCUT2D eigenvalue weighted by atomic mass is 9.81. The Kier molecular flexibility index (Phi) is 7.56. The second-order valence-corrected chi connectivity index (χ2v) is 15.0. The minimum absolute atomic E-state index is 0.0478. The van der Waals surface area contributed by atoms with Crippen LogP contribution < -0.4 is 5.32 Å². The molecule has 0 aromatic carbocycles. The number of rotatable bonds is 8. The van der Waals surface area contributed by atoms with Gasteiger partial charge in [0.25, 0.3) is 0 Å². The third kappa shape index (κ3) is 5.32. The SMILES string of the molecule is C=CCOC(=O)N1CC(C(=O)C[C@H]2NC(=O)[C@@H]2[C@@H](C)O[Si](C)(C)C(C)(C)C)C[C@H]1C. The lowest BCUT2D eigenvalue weighted by Crippen LogP contribution is -2.64. The van der Waals surface area contributed by atoms with Crippen molar-refractivity contribution >= 4 is 26.1 Å². The van der Waals surface area contributed by atoms with Gasteiger partial charge >= 0.3 is 6.09 Å². The Morgan fingerprint density at radius 1 is 1.37 bits per heavy atom. The van der Waals surface area contributed by atoms with E-state index in [2.05, 4.69) is 45.8 Å². The second kappa shape index (κ2) is 9.22. The molecule has 30 heavy (non-hydrogen) atoms. The van der Waals surface area contributed by atoms with Crippen LogP contribution in [0.15, 0.2) is 12.7 Å². The normalized spacial score (nSPS) is 27.8. The summed E-state index contributed by atoms with van der Waals surface area (Å²) in [6.07, 6.45) is 1.76. The smallest absolute Gasteiger partial charge is 0.410 e. The molecule has 2 saturated heterocycles. The van der Waals surface area contributed by atoms with Crippen LogP contribution in [0.2, 0.25) is 18.1 Å². The van der Waals surface area contributed by atoms with Crippen LogP contribution in [0.4, 0.5) is 4.79 Å². The van der Waals surface area contributed by atoms with Gasteiger partial charge in [-0.1, -0.05) is 33.4 Å². The van der Waals surface area contributed by atoms with Gasteiger partial charge in [0.15, 0.2) is 8.32 Å². The number of ether oxygens (including phenoxy) is 1. The highest BCUT2D eigenvalue weighted by Gasteiger charge is 2.49. The number of carbonyl (C=O) groups excluding carboxylic acids is 3. The third-order valence-corrected chi connectivity index (χ3v) is 11.4. The highest BCUT2D eigenvalue weighted by molar-refractivity contribution is 6.74. The molecule has 2 aliphatic heterocycles. The zero-order valence-corrected chi connectivity index (χ0v) is 20.5. The van der Waals surface area contributed by atoms with Crippen LogP contribution in [0, 0.1) is 11.8 Å². The maximum absolute atomic E-state index is 12.9. The summed E-state index contributed by atoms with van der Waals surface area (Å²) in [6.45, 7) is 18.8. The molecule has 8 heteroatoms. The molecule has 5 atom stereocenters. The molecular formula is C22H38N2O5Si. The van der Waals surface area contributed by atoms with Gasteiger partial charge in [-0.25, -0.2) is 4.79 Å². The summed E-state index contributed by atoms with van der Waals surface area (Å²) in [6, 6.07) is -0.259. The van der Waals surface area contributed by atoms with E-state index in [-0.39, 0.29) is 59.8 Å². The molecule has 0 bridgehead atoms. The van der Waals surface area contributed by atoms with Crippen LogP contribution in [-0.4, -0.2) is 62.3 Å². The van der Waals surface area contributed by atoms with Crippen LogP contribution >= 0.6 is 0 Å². The van der Waals surface area contributed by atoms with Crippen LogP contribution in [0.3, 0.4) is 0 Å². The van der Waals surface area contributed by atoms with Gasteiger partial charge in [0.05, 0.1) is 12.0 Å². The quantitative estimate of drug-likeness (QED) is 0.356. The van der Waals surface area contributed by atoms with Crippen molar-refractivity contribution in [2.24, 2.45) is 11.8 Å². The van der Waals surface area contributed by atoms with E-state index < -0.39 is 14.4 Å². The molecule has 170 valence electrons. The Labute approximate surface area is 181 Å². The van der Waals surface area contributed by atoms with Crippen LogP contribution in [-0.2, 0) is 18.8 Å². The topological polar surface area (TPSA) is 84.9 Å². The molecule has 0 aromatic rings. The highest BCUT2D eigenvalue weighted by Crippen LogP contribution is 2.39. The van der Waals surface area contributed by atoms with E-state index in [1.165, 1.54) is 6.08 Å². The predicted molar refractivity (Wildman–Crippen MR) is 119 cm³/mol. The number of β-lactam (4-membered cyclic amide) rings is 1. The van der Waals surface area contributed by atoms with Gasteiger partial charge in [-0.15, -0.1) is 0 Å². The van der Waals surface area contributed by atoms with Gasteiger partial charge in [0.1, 0.15) is 12.4 Å². The lowest BCUT2D eigenvalue weighted by molar-refractivity contribution is -0.141. The van der Waals surface area contributed by atoms with E-state index >= 15 is 0 Å². The Balaban J connectivity index is 1.94. The highest BCUT2D eigenvalue weighted by atomic mass is 28.4. The zero-order chi connectivity index (χ0) is 22.9. The molecule has 2 amide bonds. The average Bonchev–Trinajstić information content (AvgIpc) is 2.99. The van der Waals surface area contributed by atoms with Gasteiger partial charge in [-0.3, -0.25) is 9.59 Å². The number of likely N-dealkylation sites (tertiary alicyclic amines) is 1. The van der Waals surface area contributed by atoms with Gasteiger partial charge in [0.2, 0.25) is 5.91 Å². The molecule has 2 fully saturated rings. The van der Waals surface area contributed by atoms with Crippen molar-refractivity contribution in [1.29, 1.82) is 0 Å². The van der Waals surface area contributed by atoms with Crippen molar-refractivity contribution in [3.63, 3.8) is 0 Å². The number of nitrogens with one attached hydrogen (secondary N) is 1.